The minimum Gasteiger partial charge on any atom is -0.469 e. The van der Waals surface area contributed by atoms with E-state index in [1.54, 1.807) is 0 Å². The van der Waals surface area contributed by atoms with Gasteiger partial charge in [0.1, 0.15) is 0 Å². The number of hydrogen-bond acceptors (Lipinski definition) is 4. The molecular formula is C22H32IN5O2. The molecule has 1 aromatic heterocycles. The van der Waals surface area contributed by atoms with Crippen LogP contribution in [0.4, 0.5) is 0 Å². The highest BCUT2D eigenvalue weighted by atomic mass is 127. The minimum atomic E-state index is -0.147. The van der Waals surface area contributed by atoms with Crippen LogP contribution in [0.15, 0.2) is 35.3 Å². The normalized spacial score (nSPS) is 18.8. The summed E-state index contributed by atoms with van der Waals surface area (Å²) in [5, 5.41) is 7.99. The fraction of sp³-hybridized carbons (Fsp3) is 0.500. The number of likely N-dealkylation sites (tertiary alicyclic amines) is 1. The summed E-state index contributed by atoms with van der Waals surface area (Å²) in [6.07, 6.45) is 0. The predicted molar refractivity (Wildman–Crippen MR) is 130 cm³/mol. The third kappa shape index (κ3) is 5.33. The van der Waals surface area contributed by atoms with Gasteiger partial charge >= 0.3 is 5.97 Å². The minimum absolute atomic E-state index is 0. The first kappa shape index (κ1) is 24.2. The maximum absolute atomic E-state index is 12.0. The Hall–Kier alpha value is -2.10. The van der Waals surface area contributed by atoms with Crippen molar-refractivity contribution in [3.05, 3.63) is 47.3 Å². The van der Waals surface area contributed by atoms with Crippen molar-refractivity contribution >= 4 is 35.9 Å². The van der Waals surface area contributed by atoms with Gasteiger partial charge in [0.15, 0.2) is 5.96 Å². The van der Waals surface area contributed by atoms with Crippen molar-refractivity contribution in [2.75, 3.05) is 26.7 Å². The van der Waals surface area contributed by atoms with E-state index in [1.165, 1.54) is 7.11 Å². The van der Waals surface area contributed by atoms with Gasteiger partial charge in [-0.05, 0) is 44.4 Å². The molecule has 2 atom stereocenters. The zero-order chi connectivity index (χ0) is 21.0. The molecule has 3 rings (SSSR count). The van der Waals surface area contributed by atoms with Gasteiger partial charge in [-0.25, -0.2) is 9.67 Å². The van der Waals surface area contributed by atoms with Crippen LogP contribution in [0.5, 0.6) is 0 Å². The molecule has 0 bridgehead atoms. The van der Waals surface area contributed by atoms with E-state index < -0.39 is 0 Å². The average Bonchev–Trinajstić information content (AvgIpc) is 3.26. The number of aliphatic imine (C=N–C) groups is 1. The first-order chi connectivity index (χ1) is 13.9. The lowest BCUT2D eigenvalue weighted by atomic mass is 9.99. The summed E-state index contributed by atoms with van der Waals surface area (Å²) >= 11 is 0. The predicted octanol–water partition coefficient (Wildman–Crippen LogP) is 3.31. The molecule has 2 heterocycles. The van der Waals surface area contributed by atoms with E-state index in [0.717, 1.165) is 41.7 Å². The molecule has 0 amide bonds. The second kappa shape index (κ2) is 10.8. The third-order valence-corrected chi connectivity index (χ3v) is 5.38. The van der Waals surface area contributed by atoms with Crippen LogP contribution in [0.25, 0.3) is 5.69 Å². The molecule has 164 valence electrons. The molecule has 1 saturated heterocycles. The van der Waals surface area contributed by atoms with Gasteiger partial charge in [-0.15, -0.1) is 24.0 Å². The Balaban J connectivity index is 0.00000320. The molecule has 8 heteroatoms. The highest BCUT2D eigenvalue weighted by molar-refractivity contribution is 14.0. The number of rotatable bonds is 5. The maximum atomic E-state index is 12.0. The van der Waals surface area contributed by atoms with E-state index in [9.17, 15) is 4.79 Å². The Morgan fingerprint density at radius 2 is 2.03 bits per heavy atom. The molecule has 2 unspecified atom stereocenters. The number of halogens is 1. The molecule has 1 aliphatic heterocycles. The van der Waals surface area contributed by atoms with E-state index in [-0.39, 0.29) is 41.8 Å². The molecule has 7 nitrogen and oxygen atoms in total. The summed E-state index contributed by atoms with van der Waals surface area (Å²) in [6, 6.07) is 10.3. The van der Waals surface area contributed by atoms with Crippen molar-refractivity contribution < 1.29 is 9.53 Å². The number of nitrogens with one attached hydrogen (secondary N) is 1. The number of aromatic nitrogens is 2. The van der Waals surface area contributed by atoms with Crippen LogP contribution in [0.1, 0.15) is 30.8 Å². The van der Waals surface area contributed by atoms with E-state index in [0.29, 0.717) is 13.1 Å². The fourth-order valence-corrected chi connectivity index (χ4v) is 3.91. The zero-order valence-electron chi connectivity index (χ0n) is 18.4. The quantitative estimate of drug-likeness (QED) is 0.281. The lowest BCUT2D eigenvalue weighted by molar-refractivity contribution is -0.145. The van der Waals surface area contributed by atoms with Crippen LogP contribution < -0.4 is 5.32 Å². The Labute approximate surface area is 195 Å². The molecule has 1 aliphatic rings. The first-order valence-corrected chi connectivity index (χ1v) is 10.2. The Kier molecular flexibility index (Phi) is 8.69. The molecule has 0 saturated carbocycles. The largest absolute Gasteiger partial charge is 0.469 e. The Morgan fingerprint density at radius 1 is 1.30 bits per heavy atom. The summed E-state index contributed by atoms with van der Waals surface area (Å²) in [5.74, 6) is 0.791. The lowest BCUT2D eigenvalue weighted by Crippen LogP contribution is -2.40. The molecule has 2 aromatic rings. The van der Waals surface area contributed by atoms with E-state index in [4.69, 9.17) is 9.73 Å². The smallest absolute Gasteiger partial charge is 0.310 e. The van der Waals surface area contributed by atoms with Gasteiger partial charge in [-0.3, -0.25) is 4.79 Å². The Morgan fingerprint density at radius 3 is 2.67 bits per heavy atom. The molecule has 0 spiro atoms. The monoisotopic (exact) mass is 525 g/mol. The fourth-order valence-electron chi connectivity index (χ4n) is 3.91. The standard InChI is InChI=1S/C22H31N5O2.HI/c1-6-23-22(26-13-15(2)19(14-26)21(28)29-5)24-12-18-9-7-8-10-20(18)27-17(4)11-16(3)25-27;/h7-11,15,19H,6,12-14H2,1-5H3,(H,23,24);1H. The van der Waals surface area contributed by atoms with Gasteiger partial charge < -0.3 is 15.0 Å². The van der Waals surface area contributed by atoms with Gasteiger partial charge in [0.25, 0.3) is 0 Å². The molecular weight excluding hydrogens is 493 g/mol. The van der Waals surface area contributed by atoms with Crippen molar-refractivity contribution in [1.29, 1.82) is 0 Å². The number of ether oxygens (including phenoxy) is 1. The number of aryl methyl sites for hydroxylation is 2. The van der Waals surface area contributed by atoms with Gasteiger partial charge in [-0.2, -0.15) is 5.10 Å². The highest BCUT2D eigenvalue weighted by Gasteiger charge is 2.36. The lowest BCUT2D eigenvalue weighted by Gasteiger charge is -2.21. The first-order valence-electron chi connectivity index (χ1n) is 10.2. The van der Waals surface area contributed by atoms with Crippen molar-refractivity contribution in [2.24, 2.45) is 16.8 Å². The van der Waals surface area contributed by atoms with Crippen molar-refractivity contribution in [3.63, 3.8) is 0 Å². The molecule has 1 N–H and O–H groups in total. The van der Waals surface area contributed by atoms with Gasteiger partial charge in [0.05, 0.1) is 31.0 Å². The molecule has 30 heavy (non-hydrogen) atoms. The number of nitrogens with zero attached hydrogens (tertiary/aromatic N) is 4. The van der Waals surface area contributed by atoms with Crippen LogP contribution in [-0.2, 0) is 16.1 Å². The van der Waals surface area contributed by atoms with Crippen molar-refractivity contribution in [1.82, 2.24) is 20.0 Å². The topological polar surface area (TPSA) is 71.8 Å². The third-order valence-electron chi connectivity index (χ3n) is 5.38. The molecule has 0 radical (unpaired) electrons. The van der Waals surface area contributed by atoms with Crippen molar-refractivity contribution in [2.45, 2.75) is 34.2 Å². The summed E-state index contributed by atoms with van der Waals surface area (Å²) < 4.78 is 6.93. The highest BCUT2D eigenvalue weighted by Crippen LogP contribution is 2.24. The van der Waals surface area contributed by atoms with Crippen LogP contribution in [-0.4, -0.2) is 53.4 Å². The SMILES string of the molecule is CCNC(=NCc1ccccc1-n1nc(C)cc1C)N1CC(C)C(C(=O)OC)C1.I. The number of guanidine groups is 1. The summed E-state index contributed by atoms with van der Waals surface area (Å²) in [4.78, 5) is 19.1. The summed E-state index contributed by atoms with van der Waals surface area (Å²) in [5.41, 5.74) is 4.24. The molecule has 1 aromatic carbocycles. The number of para-hydroxylation sites is 1. The number of methoxy groups -OCH3 is 1. The number of carbonyl (C=O) groups excluding carboxylic acids is 1. The molecule has 1 fully saturated rings. The van der Waals surface area contributed by atoms with Crippen LogP contribution in [0, 0.1) is 25.7 Å². The van der Waals surface area contributed by atoms with Crippen LogP contribution >= 0.6 is 24.0 Å². The number of carbonyl (C=O) groups is 1. The Bertz CT molecular complexity index is 895. The van der Waals surface area contributed by atoms with Gasteiger partial charge in [-0.1, -0.05) is 25.1 Å². The zero-order valence-corrected chi connectivity index (χ0v) is 20.7. The number of esters is 1. The van der Waals surface area contributed by atoms with Gasteiger partial charge in [0.2, 0.25) is 0 Å². The van der Waals surface area contributed by atoms with E-state index in [2.05, 4.69) is 54.3 Å². The number of benzene rings is 1. The second-order valence-electron chi connectivity index (χ2n) is 7.65. The summed E-state index contributed by atoms with van der Waals surface area (Å²) in [6.45, 7) is 10.9. The maximum Gasteiger partial charge on any atom is 0.310 e. The van der Waals surface area contributed by atoms with Gasteiger partial charge in [0, 0.05) is 25.3 Å². The molecule has 0 aliphatic carbocycles. The van der Waals surface area contributed by atoms with Crippen LogP contribution in [0.3, 0.4) is 0 Å². The van der Waals surface area contributed by atoms with Crippen molar-refractivity contribution in [3.8, 4) is 5.69 Å². The summed E-state index contributed by atoms with van der Waals surface area (Å²) in [7, 11) is 1.45. The number of hydrogen-bond donors (Lipinski definition) is 1. The van der Waals surface area contributed by atoms with E-state index in [1.807, 2.05) is 23.7 Å². The second-order valence-corrected chi connectivity index (χ2v) is 7.65. The average molecular weight is 525 g/mol. The van der Waals surface area contributed by atoms with E-state index >= 15 is 0 Å². The van der Waals surface area contributed by atoms with Crippen LogP contribution in [0.2, 0.25) is 0 Å².